The fourth-order valence-electron chi connectivity index (χ4n) is 2.93. The zero-order valence-corrected chi connectivity index (χ0v) is 8.98. The summed E-state index contributed by atoms with van der Waals surface area (Å²) in [5.41, 5.74) is 0. The van der Waals surface area contributed by atoms with Gasteiger partial charge in [-0.3, -0.25) is 9.59 Å². The molecular formula is C11H17NO3. The number of carbonyl (C=O) groups is 2. The minimum atomic E-state index is -0.685. The van der Waals surface area contributed by atoms with Crippen LogP contribution in [-0.4, -0.2) is 35.0 Å². The normalized spacial score (nSPS) is 35.0. The fourth-order valence-corrected chi connectivity index (χ4v) is 2.93. The molecule has 3 atom stereocenters. The van der Waals surface area contributed by atoms with E-state index < -0.39 is 5.97 Å². The minimum Gasteiger partial charge on any atom is -0.481 e. The molecule has 1 saturated carbocycles. The molecule has 3 rings (SSSR count). The standard InChI is InChI=1S/C11H17NO3/c1-7(13)12-5-8-2-3-9(6-12)10(4-8)11(14)15/h8-10H,2-6H2,1H3,(H,14,15). The SMILES string of the molecule is CC(=O)N1CC2CCC(C1)C(C(=O)O)C2. The van der Waals surface area contributed by atoms with Crippen molar-refractivity contribution in [2.75, 3.05) is 13.1 Å². The second-order valence-corrected chi connectivity index (χ2v) is 4.81. The molecule has 0 aromatic heterocycles. The Labute approximate surface area is 89.3 Å². The van der Waals surface area contributed by atoms with Gasteiger partial charge in [-0.25, -0.2) is 0 Å². The Morgan fingerprint density at radius 2 is 2.00 bits per heavy atom. The van der Waals surface area contributed by atoms with Gasteiger partial charge < -0.3 is 10.0 Å². The maximum atomic E-state index is 11.3. The Hall–Kier alpha value is -1.06. The maximum Gasteiger partial charge on any atom is 0.306 e. The predicted molar refractivity (Wildman–Crippen MR) is 54.2 cm³/mol. The van der Waals surface area contributed by atoms with Crippen LogP contribution in [0.3, 0.4) is 0 Å². The summed E-state index contributed by atoms with van der Waals surface area (Å²) in [4.78, 5) is 24.2. The van der Waals surface area contributed by atoms with E-state index in [-0.39, 0.29) is 17.7 Å². The summed E-state index contributed by atoms with van der Waals surface area (Å²) in [6.45, 7) is 2.97. The quantitative estimate of drug-likeness (QED) is 0.703. The molecule has 15 heavy (non-hydrogen) atoms. The van der Waals surface area contributed by atoms with E-state index in [1.807, 2.05) is 4.90 Å². The molecule has 3 aliphatic rings. The Morgan fingerprint density at radius 1 is 1.27 bits per heavy atom. The van der Waals surface area contributed by atoms with Crippen molar-refractivity contribution in [2.45, 2.75) is 26.2 Å². The molecule has 2 saturated heterocycles. The van der Waals surface area contributed by atoms with E-state index in [9.17, 15) is 9.59 Å². The molecule has 4 nitrogen and oxygen atoms in total. The Bertz CT molecular complexity index is 288. The van der Waals surface area contributed by atoms with E-state index in [0.29, 0.717) is 12.5 Å². The number of fused-ring (bicyclic) bond motifs is 4. The van der Waals surface area contributed by atoms with Gasteiger partial charge in [0.1, 0.15) is 0 Å². The third-order valence-corrected chi connectivity index (χ3v) is 3.80. The molecule has 3 unspecified atom stereocenters. The van der Waals surface area contributed by atoms with E-state index in [1.54, 1.807) is 6.92 Å². The van der Waals surface area contributed by atoms with Crippen molar-refractivity contribution in [2.24, 2.45) is 17.8 Å². The molecule has 3 fully saturated rings. The Kier molecular flexibility index (Phi) is 2.67. The highest BCUT2D eigenvalue weighted by atomic mass is 16.4. The van der Waals surface area contributed by atoms with Crippen molar-refractivity contribution in [3.8, 4) is 0 Å². The lowest BCUT2D eigenvalue weighted by molar-refractivity contribution is -0.145. The van der Waals surface area contributed by atoms with Crippen LogP contribution in [0.5, 0.6) is 0 Å². The van der Waals surface area contributed by atoms with Crippen molar-refractivity contribution in [3.05, 3.63) is 0 Å². The number of amides is 1. The van der Waals surface area contributed by atoms with Crippen LogP contribution in [0.2, 0.25) is 0 Å². The topological polar surface area (TPSA) is 57.6 Å². The van der Waals surface area contributed by atoms with E-state index in [0.717, 1.165) is 25.8 Å². The first-order valence-corrected chi connectivity index (χ1v) is 5.56. The van der Waals surface area contributed by atoms with Crippen LogP contribution in [0, 0.1) is 17.8 Å². The highest BCUT2D eigenvalue weighted by molar-refractivity contribution is 5.74. The monoisotopic (exact) mass is 211 g/mol. The third-order valence-electron chi connectivity index (χ3n) is 3.80. The maximum absolute atomic E-state index is 11.3. The van der Waals surface area contributed by atoms with Gasteiger partial charge in [-0.1, -0.05) is 0 Å². The van der Waals surface area contributed by atoms with Gasteiger partial charge in [-0.2, -0.15) is 0 Å². The van der Waals surface area contributed by atoms with E-state index in [1.165, 1.54) is 0 Å². The number of rotatable bonds is 1. The van der Waals surface area contributed by atoms with Gasteiger partial charge in [0.2, 0.25) is 5.91 Å². The summed E-state index contributed by atoms with van der Waals surface area (Å²) in [7, 11) is 0. The zero-order valence-electron chi connectivity index (χ0n) is 8.98. The molecule has 1 aliphatic carbocycles. The van der Waals surface area contributed by atoms with Crippen LogP contribution < -0.4 is 0 Å². The van der Waals surface area contributed by atoms with Crippen molar-refractivity contribution in [1.29, 1.82) is 0 Å². The van der Waals surface area contributed by atoms with E-state index in [4.69, 9.17) is 5.11 Å². The molecule has 2 heterocycles. The lowest BCUT2D eigenvalue weighted by Gasteiger charge is -2.28. The summed E-state index contributed by atoms with van der Waals surface area (Å²) in [6.07, 6.45) is 2.80. The lowest BCUT2D eigenvalue weighted by Crippen LogP contribution is -2.34. The van der Waals surface area contributed by atoms with Crippen LogP contribution in [0.1, 0.15) is 26.2 Å². The summed E-state index contributed by atoms with van der Waals surface area (Å²) in [5.74, 6) is -0.264. The molecule has 1 amide bonds. The largest absolute Gasteiger partial charge is 0.481 e. The number of hydrogen-bond donors (Lipinski definition) is 1. The lowest BCUT2D eigenvalue weighted by atomic mass is 9.76. The van der Waals surface area contributed by atoms with Gasteiger partial charge in [0.15, 0.2) is 0 Å². The van der Waals surface area contributed by atoms with Crippen LogP contribution in [0.15, 0.2) is 0 Å². The first-order chi connectivity index (χ1) is 7.08. The summed E-state index contributed by atoms with van der Waals surface area (Å²) in [6, 6.07) is 0. The van der Waals surface area contributed by atoms with Crippen LogP contribution >= 0.6 is 0 Å². The molecular weight excluding hydrogens is 194 g/mol. The molecule has 0 aromatic rings. The van der Waals surface area contributed by atoms with Crippen molar-refractivity contribution >= 4 is 11.9 Å². The molecule has 0 aromatic carbocycles. The second-order valence-electron chi connectivity index (χ2n) is 4.81. The number of carboxylic acids is 1. The summed E-state index contributed by atoms with van der Waals surface area (Å²) in [5, 5.41) is 9.11. The Morgan fingerprint density at radius 3 is 2.60 bits per heavy atom. The van der Waals surface area contributed by atoms with Crippen LogP contribution in [0.25, 0.3) is 0 Å². The third kappa shape index (κ3) is 1.98. The summed E-state index contributed by atoms with van der Waals surface area (Å²) < 4.78 is 0. The number of carboxylic acid groups (broad SMARTS) is 1. The van der Waals surface area contributed by atoms with E-state index in [2.05, 4.69) is 0 Å². The van der Waals surface area contributed by atoms with Gasteiger partial charge in [-0.15, -0.1) is 0 Å². The van der Waals surface area contributed by atoms with Crippen molar-refractivity contribution in [3.63, 3.8) is 0 Å². The molecule has 84 valence electrons. The van der Waals surface area contributed by atoms with Gasteiger partial charge >= 0.3 is 5.97 Å². The molecule has 4 heteroatoms. The highest BCUT2D eigenvalue weighted by Crippen LogP contribution is 2.38. The highest BCUT2D eigenvalue weighted by Gasteiger charge is 2.40. The smallest absolute Gasteiger partial charge is 0.306 e. The first kappa shape index (κ1) is 10.5. The molecule has 1 N–H and O–H groups in total. The first-order valence-electron chi connectivity index (χ1n) is 5.56. The number of nitrogens with zero attached hydrogens (tertiary/aromatic N) is 1. The molecule has 2 aliphatic heterocycles. The average Bonchev–Trinajstić information content (AvgIpc) is 2.47. The number of carbonyl (C=O) groups excluding carboxylic acids is 1. The average molecular weight is 211 g/mol. The molecule has 0 spiro atoms. The van der Waals surface area contributed by atoms with E-state index >= 15 is 0 Å². The van der Waals surface area contributed by atoms with Gasteiger partial charge in [0, 0.05) is 20.0 Å². The minimum absolute atomic E-state index is 0.0814. The van der Waals surface area contributed by atoms with Crippen molar-refractivity contribution in [1.82, 2.24) is 4.90 Å². The van der Waals surface area contributed by atoms with Crippen LogP contribution in [0.4, 0.5) is 0 Å². The van der Waals surface area contributed by atoms with Crippen LogP contribution in [-0.2, 0) is 9.59 Å². The molecule has 0 radical (unpaired) electrons. The predicted octanol–water partition coefficient (Wildman–Crippen LogP) is 0.966. The second kappa shape index (κ2) is 3.83. The summed E-state index contributed by atoms with van der Waals surface area (Å²) >= 11 is 0. The van der Waals surface area contributed by atoms with Gasteiger partial charge in [-0.05, 0) is 31.1 Å². The zero-order chi connectivity index (χ0) is 11.0. The van der Waals surface area contributed by atoms with Gasteiger partial charge in [0.05, 0.1) is 5.92 Å². The fraction of sp³-hybridized carbons (Fsp3) is 0.818. The Balaban J connectivity index is 2.15. The number of aliphatic carboxylic acids is 1. The van der Waals surface area contributed by atoms with Crippen molar-refractivity contribution < 1.29 is 14.7 Å². The molecule has 2 bridgehead atoms. The van der Waals surface area contributed by atoms with Gasteiger partial charge in [0.25, 0.3) is 0 Å². The number of hydrogen-bond acceptors (Lipinski definition) is 2.